The average Bonchev–Trinajstić information content (AvgIpc) is 3.40. The Balaban J connectivity index is 1.28. The van der Waals surface area contributed by atoms with E-state index in [9.17, 15) is 4.79 Å². The number of aromatic nitrogens is 3. The van der Waals surface area contributed by atoms with Gasteiger partial charge in [0.25, 0.3) is 0 Å². The molecule has 1 N–H and O–H groups in total. The topological polar surface area (TPSA) is 95.6 Å². The zero-order chi connectivity index (χ0) is 26.5. The molecule has 0 aliphatic heterocycles. The van der Waals surface area contributed by atoms with E-state index < -0.39 is 0 Å². The maximum absolute atomic E-state index is 13.5. The second-order valence-corrected chi connectivity index (χ2v) is 9.65. The molecule has 0 radical (unpaired) electrons. The van der Waals surface area contributed by atoms with Crippen molar-refractivity contribution in [3.8, 4) is 28.5 Å². The van der Waals surface area contributed by atoms with Gasteiger partial charge in [-0.15, -0.1) is 0 Å². The molecule has 4 aromatic rings. The molecule has 0 spiro atoms. The Labute approximate surface area is 222 Å². The summed E-state index contributed by atoms with van der Waals surface area (Å²) in [5, 5.41) is 0. The Morgan fingerprint density at radius 3 is 2.34 bits per heavy atom. The lowest BCUT2D eigenvalue weighted by molar-refractivity contribution is 0.0619. The van der Waals surface area contributed by atoms with Gasteiger partial charge in [-0.05, 0) is 49.3 Å². The minimum absolute atomic E-state index is 0.0222. The third-order valence-corrected chi connectivity index (χ3v) is 7.29. The molecular formula is C30H33N3O5. The molecule has 1 aliphatic carbocycles. The second kappa shape index (κ2) is 11.6. The molecule has 5 rings (SSSR count). The van der Waals surface area contributed by atoms with E-state index in [2.05, 4.69) is 22.1 Å². The van der Waals surface area contributed by atoms with Crippen LogP contribution in [0.2, 0.25) is 0 Å². The number of nitrogens with one attached hydrogen (secondary N) is 1. The Kier molecular flexibility index (Phi) is 7.89. The highest BCUT2D eigenvalue weighted by atomic mass is 16.5. The summed E-state index contributed by atoms with van der Waals surface area (Å²) in [5.74, 6) is 2.14. The van der Waals surface area contributed by atoms with Gasteiger partial charge in [-0.2, -0.15) is 0 Å². The predicted octanol–water partition coefficient (Wildman–Crippen LogP) is 5.86. The van der Waals surface area contributed by atoms with Gasteiger partial charge < -0.3 is 23.9 Å². The number of methoxy groups -OCH3 is 3. The van der Waals surface area contributed by atoms with Crippen molar-refractivity contribution >= 4 is 16.9 Å². The molecule has 0 bridgehead atoms. The molecule has 38 heavy (non-hydrogen) atoms. The van der Waals surface area contributed by atoms with Gasteiger partial charge in [-0.3, -0.25) is 4.79 Å². The lowest BCUT2D eigenvalue weighted by Crippen LogP contribution is -2.24. The number of Topliss-reactive ketones (excluding diaryl/α,β-unsaturated/α-hetero) is 1. The molecule has 8 nitrogen and oxygen atoms in total. The van der Waals surface area contributed by atoms with Crippen molar-refractivity contribution < 1.29 is 23.7 Å². The molecule has 1 saturated carbocycles. The summed E-state index contributed by atoms with van der Waals surface area (Å²) in [6.45, 7) is 1.36. The molecule has 0 atom stereocenters. The summed E-state index contributed by atoms with van der Waals surface area (Å²) in [5.41, 5.74) is 4.31. The predicted molar refractivity (Wildman–Crippen MR) is 145 cm³/mol. The highest BCUT2D eigenvalue weighted by Crippen LogP contribution is 2.41. The number of carbonyl (C=O) groups excluding carboxylic acids is 1. The fourth-order valence-corrected chi connectivity index (χ4v) is 5.18. The monoisotopic (exact) mass is 515 g/mol. The van der Waals surface area contributed by atoms with Gasteiger partial charge in [0.05, 0.1) is 45.4 Å². The molecule has 0 saturated heterocycles. The number of H-pyrrole nitrogens is 1. The third kappa shape index (κ3) is 5.36. The molecule has 1 fully saturated rings. The van der Waals surface area contributed by atoms with Crippen LogP contribution in [0.15, 0.2) is 54.9 Å². The average molecular weight is 516 g/mol. The van der Waals surface area contributed by atoms with Gasteiger partial charge in [-0.25, -0.2) is 9.97 Å². The van der Waals surface area contributed by atoms with Crippen LogP contribution in [-0.2, 0) is 11.3 Å². The summed E-state index contributed by atoms with van der Waals surface area (Å²) < 4.78 is 22.4. The first-order chi connectivity index (χ1) is 18.6. The fourth-order valence-electron chi connectivity index (χ4n) is 5.18. The number of carbonyl (C=O) groups is 1. The Morgan fingerprint density at radius 1 is 0.974 bits per heavy atom. The van der Waals surface area contributed by atoms with Crippen molar-refractivity contribution in [2.75, 3.05) is 27.9 Å². The van der Waals surface area contributed by atoms with Crippen molar-refractivity contribution in [2.45, 2.75) is 32.3 Å². The van der Waals surface area contributed by atoms with E-state index in [1.54, 1.807) is 33.7 Å². The summed E-state index contributed by atoms with van der Waals surface area (Å²) in [6, 6.07) is 13.9. The van der Waals surface area contributed by atoms with Crippen LogP contribution in [0.1, 0.15) is 41.6 Å². The van der Waals surface area contributed by atoms with Crippen LogP contribution in [0.5, 0.6) is 17.2 Å². The van der Waals surface area contributed by atoms with E-state index in [-0.39, 0.29) is 11.7 Å². The van der Waals surface area contributed by atoms with E-state index in [0.29, 0.717) is 52.2 Å². The number of fused-ring (bicyclic) bond motifs is 1. The minimum atomic E-state index is -0.0222. The van der Waals surface area contributed by atoms with Crippen molar-refractivity contribution in [2.24, 2.45) is 11.8 Å². The Bertz CT molecular complexity index is 1370. The van der Waals surface area contributed by atoms with Crippen LogP contribution >= 0.6 is 0 Å². The van der Waals surface area contributed by atoms with Crippen molar-refractivity contribution in [3.63, 3.8) is 0 Å². The number of rotatable bonds is 10. The zero-order valence-corrected chi connectivity index (χ0v) is 22.0. The van der Waals surface area contributed by atoms with Crippen LogP contribution in [0, 0.1) is 11.8 Å². The van der Waals surface area contributed by atoms with Crippen LogP contribution in [0.4, 0.5) is 0 Å². The van der Waals surface area contributed by atoms with Crippen molar-refractivity contribution in [3.05, 3.63) is 66.0 Å². The molecular weight excluding hydrogens is 482 g/mol. The summed E-state index contributed by atoms with van der Waals surface area (Å²) >= 11 is 0. The van der Waals surface area contributed by atoms with Gasteiger partial charge in [0.15, 0.2) is 22.9 Å². The van der Waals surface area contributed by atoms with Gasteiger partial charge >= 0.3 is 0 Å². The van der Waals surface area contributed by atoms with Gasteiger partial charge in [0.1, 0.15) is 5.52 Å². The third-order valence-electron chi connectivity index (χ3n) is 7.29. The van der Waals surface area contributed by atoms with Gasteiger partial charge in [0.2, 0.25) is 5.75 Å². The summed E-state index contributed by atoms with van der Waals surface area (Å²) in [6.07, 6.45) is 7.08. The molecule has 0 unspecified atom stereocenters. The van der Waals surface area contributed by atoms with E-state index in [4.69, 9.17) is 23.9 Å². The number of aromatic amines is 1. The summed E-state index contributed by atoms with van der Waals surface area (Å²) in [7, 11) is 4.71. The van der Waals surface area contributed by atoms with Crippen LogP contribution in [0.3, 0.4) is 0 Å². The molecule has 8 heteroatoms. The maximum Gasteiger partial charge on any atom is 0.203 e. The number of nitrogens with zero attached hydrogens (tertiary/aromatic N) is 2. The quantitative estimate of drug-likeness (QED) is 0.264. The first-order valence-electron chi connectivity index (χ1n) is 12.9. The SMILES string of the molecule is COc1cc(-c2cnc3[nH]cc(C(=O)C4CCC(COCc5ccccc5)CC4)c3n2)cc(OC)c1OC. The van der Waals surface area contributed by atoms with Gasteiger partial charge in [-0.1, -0.05) is 30.3 Å². The highest BCUT2D eigenvalue weighted by Gasteiger charge is 2.29. The molecule has 0 amide bonds. The smallest absolute Gasteiger partial charge is 0.203 e. The zero-order valence-electron chi connectivity index (χ0n) is 22.0. The Morgan fingerprint density at radius 2 is 1.68 bits per heavy atom. The van der Waals surface area contributed by atoms with Crippen molar-refractivity contribution in [1.82, 2.24) is 15.0 Å². The fraction of sp³-hybridized carbons (Fsp3) is 0.367. The standard InChI is InChI=1S/C30H33N3O5/c1-35-25-13-22(14-26(36-2)29(25)37-3)24-16-32-30-27(33-24)23(15-31-30)28(34)21-11-9-20(10-12-21)18-38-17-19-7-5-4-6-8-19/h4-8,13-16,20-21H,9-12,17-18H2,1-3H3,(H,31,32). The van der Waals surface area contributed by atoms with Gasteiger partial charge in [0, 0.05) is 24.3 Å². The second-order valence-electron chi connectivity index (χ2n) is 9.65. The van der Waals surface area contributed by atoms with Crippen LogP contribution in [-0.4, -0.2) is 48.7 Å². The highest BCUT2D eigenvalue weighted by molar-refractivity contribution is 6.07. The number of ether oxygens (including phenoxy) is 4. The molecule has 2 heterocycles. The minimum Gasteiger partial charge on any atom is -0.493 e. The van der Waals surface area contributed by atoms with E-state index >= 15 is 0 Å². The lowest BCUT2D eigenvalue weighted by Gasteiger charge is -2.27. The maximum atomic E-state index is 13.5. The van der Waals surface area contributed by atoms with Crippen LogP contribution < -0.4 is 14.2 Å². The van der Waals surface area contributed by atoms with E-state index in [1.165, 1.54) is 5.56 Å². The molecule has 2 aromatic heterocycles. The Hall–Kier alpha value is -3.91. The molecule has 1 aliphatic rings. The van der Waals surface area contributed by atoms with Crippen molar-refractivity contribution in [1.29, 1.82) is 0 Å². The van der Waals surface area contributed by atoms with E-state index in [1.807, 2.05) is 30.3 Å². The normalized spacial score (nSPS) is 17.3. The largest absolute Gasteiger partial charge is 0.493 e. The number of benzene rings is 2. The lowest BCUT2D eigenvalue weighted by atomic mass is 9.79. The first-order valence-corrected chi connectivity index (χ1v) is 12.9. The first kappa shape index (κ1) is 25.7. The van der Waals surface area contributed by atoms with Crippen LogP contribution in [0.25, 0.3) is 22.4 Å². The number of ketones is 1. The van der Waals surface area contributed by atoms with E-state index in [0.717, 1.165) is 37.9 Å². The number of hydrogen-bond acceptors (Lipinski definition) is 7. The summed E-state index contributed by atoms with van der Waals surface area (Å²) in [4.78, 5) is 26.0. The number of hydrogen-bond donors (Lipinski definition) is 1. The molecule has 198 valence electrons. The molecule has 2 aromatic carbocycles.